The Morgan fingerprint density at radius 1 is 1.83 bits per heavy atom. The number of nitrogens with two attached hydrogens (primary N) is 1. The average molecular weight is 84.1 g/mol. The molecule has 2 atom stereocenters. The number of hydrogen-bond acceptors (Lipinski definition) is 2. The Kier molecular flexibility index (Phi) is 0.665. The SMILES string of the molecule is NC1CC1[C]=O. The second kappa shape index (κ2) is 1.05. The molecule has 1 aliphatic rings. The van der Waals surface area contributed by atoms with Crippen LogP contribution < -0.4 is 5.73 Å². The van der Waals surface area contributed by atoms with E-state index in [2.05, 4.69) is 0 Å². The zero-order valence-corrected chi connectivity index (χ0v) is 3.35. The number of carbonyl (C=O) groups excluding carboxylic acids is 1. The van der Waals surface area contributed by atoms with Gasteiger partial charge >= 0.3 is 0 Å². The van der Waals surface area contributed by atoms with Crippen LogP contribution >= 0.6 is 0 Å². The molecule has 0 heterocycles. The van der Waals surface area contributed by atoms with Crippen LogP contribution in [0.4, 0.5) is 0 Å². The van der Waals surface area contributed by atoms with Crippen LogP contribution in [-0.4, -0.2) is 12.3 Å². The van der Waals surface area contributed by atoms with Crippen molar-refractivity contribution < 1.29 is 4.79 Å². The lowest BCUT2D eigenvalue weighted by atomic mass is 10.5. The van der Waals surface area contributed by atoms with Crippen LogP contribution in [0.15, 0.2) is 0 Å². The molecule has 2 heteroatoms. The molecular weight excluding hydrogens is 78.0 g/mol. The summed E-state index contributed by atoms with van der Waals surface area (Å²) in [6.07, 6.45) is 2.66. The summed E-state index contributed by atoms with van der Waals surface area (Å²) in [6, 6.07) is 0.141. The molecular formula is C4H6NO. The smallest absolute Gasteiger partial charge is 0.203 e. The first kappa shape index (κ1) is 3.81. The van der Waals surface area contributed by atoms with Gasteiger partial charge < -0.3 is 5.73 Å². The second-order valence-electron chi connectivity index (χ2n) is 1.62. The predicted molar refractivity (Wildman–Crippen MR) is 21.8 cm³/mol. The van der Waals surface area contributed by atoms with Gasteiger partial charge in [-0.15, -0.1) is 0 Å². The van der Waals surface area contributed by atoms with Gasteiger partial charge in [-0.1, -0.05) is 0 Å². The van der Waals surface area contributed by atoms with E-state index in [9.17, 15) is 4.79 Å². The Labute approximate surface area is 36.3 Å². The van der Waals surface area contributed by atoms with Crippen LogP contribution in [0.1, 0.15) is 6.42 Å². The molecule has 1 saturated carbocycles. The van der Waals surface area contributed by atoms with E-state index in [1.54, 1.807) is 0 Å². The minimum absolute atomic E-state index is 0.0741. The molecule has 0 aromatic carbocycles. The maximum absolute atomic E-state index is 9.57. The number of hydrogen-bond donors (Lipinski definition) is 1. The summed E-state index contributed by atoms with van der Waals surface area (Å²) in [6.45, 7) is 0. The zero-order valence-electron chi connectivity index (χ0n) is 3.35. The third-order valence-electron chi connectivity index (χ3n) is 0.991. The van der Waals surface area contributed by atoms with E-state index < -0.39 is 0 Å². The lowest BCUT2D eigenvalue weighted by Crippen LogP contribution is -2.01. The van der Waals surface area contributed by atoms with Gasteiger partial charge in [0.2, 0.25) is 6.29 Å². The maximum Gasteiger partial charge on any atom is 0.203 e. The van der Waals surface area contributed by atoms with Crippen molar-refractivity contribution in [1.29, 1.82) is 0 Å². The largest absolute Gasteiger partial charge is 0.327 e. The summed E-state index contributed by atoms with van der Waals surface area (Å²) in [5.41, 5.74) is 5.21. The fourth-order valence-electron chi connectivity index (χ4n) is 0.350. The highest BCUT2D eigenvalue weighted by Gasteiger charge is 2.33. The van der Waals surface area contributed by atoms with Crippen LogP contribution in [0.2, 0.25) is 0 Å². The van der Waals surface area contributed by atoms with Crippen molar-refractivity contribution in [3.05, 3.63) is 0 Å². The van der Waals surface area contributed by atoms with Gasteiger partial charge in [0.15, 0.2) is 0 Å². The van der Waals surface area contributed by atoms with Gasteiger partial charge in [0.05, 0.1) is 0 Å². The third-order valence-corrected chi connectivity index (χ3v) is 0.991. The van der Waals surface area contributed by atoms with Gasteiger partial charge in [0.25, 0.3) is 0 Å². The summed E-state index contributed by atoms with van der Waals surface area (Å²) < 4.78 is 0. The minimum Gasteiger partial charge on any atom is -0.327 e. The van der Waals surface area contributed by atoms with E-state index in [4.69, 9.17) is 5.73 Å². The Morgan fingerprint density at radius 2 is 2.33 bits per heavy atom. The highest BCUT2D eigenvalue weighted by atomic mass is 16.1. The van der Waals surface area contributed by atoms with Gasteiger partial charge in [0.1, 0.15) is 0 Å². The van der Waals surface area contributed by atoms with E-state index in [-0.39, 0.29) is 12.0 Å². The van der Waals surface area contributed by atoms with E-state index in [1.165, 1.54) is 0 Å². The number of rotatable bonds is 1. The molecule has 1 radical (unpaired) electrons. The topological polar surface area (TPSA) is 43.1 Å². The van der Waals surface area contributed by atoms with Crippen molar-refractivity contribution in [3.63, 3.8) is 0 Å². The molecule has 0 aliphatic heterocycles. The van der Waals surface area contributed by atoms with Crippen molar-refractivity contribution in [2.24, 2.45) is 11.7 Å². The molecule has 1 rings (SSSR count). The summed E-state index contributed by atoms with van der Waals surface area (Å²) >= 11 is 0. The first-order valence-electron chi connectivity index (χ1n) is 1.98. The first-order chi connectivity index (χ1) is 2.84. The maximum atomic E-state index is 9.57. The predicted octanol–water partition coefficient (Wildman–Crippen LogP) is -0.557. The summed E-state index contributed by atoms with van der Waals surface area (Å²) in [5.74, 6) is 0.0741. The van der Waals surface area contributed by atoms with Crippen molar-refractivity contribution in [3.8, 4) is 0 Å². The fraction of sp³-hybridized carbons (Fsp3) is 0.750. The Bertz CT molecular complexity index is 71.9. The molecule has 2 N–H and O–H groups in total. The molecule has 0 spiro atoms. The van der Waals surface area contributed by atoms with Crippen LogP contribution in [0.25, 0.3) is 0 Å². The molecule has 0 saturated heterocycles. The van der Waals surface area contributed by atoms with Crippen LogP contribution in [0.5, 0.6) is 0 Å². The molecule has 0 aromatic rings. The van der Waals surface area contributed by atoms with Gasteiger partial charge in [-0.05, 0) is 6.42 Å². The average Bonchev–Trinajstić information content (AvgIpc) is 2.19. The fourth-order valence-corrected chi connectivity index (χ4v) is 0.350. The summed E-state index contributed by atoms with van der Waals surface area (Å²) in [7, 11) is 0. The van der Waals surface area contributed by atoms with E-state index in [0.29, 0.717) is 0 Å². The lowest BCUT2D eigenvalue weighted by Gasteiger charge is -1.67. The Morgan fingerprint density at radius 3 is 2.33 bits per heavy atom. The van der Waals surface area contributed by atoms with Gasteiger partial charge in [-0.3, -0.25) is 4.79 Å². The van der Waals surface area contributed by atoms with E-state index in [0.717, 1.165) is 6.42 Å². The second-order valence-corrected chi connectivity index (χ2v) is 1.62. The van der Waals surface area contributed by atoms with Crippen molar-refractivity contribution in [2.75, 3.05) is 0 Å². The molecule has 1 aliphatic carbocycles. The summed E-state index contributed by atoms with van der Waals surface area (Å²) in [4.78, 5) is 9.57. The molecule has 0 aromatic heterocycles. The Hall–Kier alpha value is -0.370. The quantitative estimate of drug-likeness (QED) is 0.463. The van der Waals surface area contributed by atoms with Gasteiger partial charge in [-0.25, -0.2) is 0 Å². The van der Waals surface area contributed by atoms with E-state index in [1.807, 2.05) is 6.29 Å². The highest BCUT2D eigenvalue weighted by Crippen LogP contribution is 2.24. The monoisotopic (exact) mass is 84.0 g/mol. The van der Waals surface area contributed by atoms with Crippen LogP contribution in [0, 0.1) is 5.92 Å². The minimum atomic E-state index is 0.0741. The summed E-state index contributed by atoms with van der Waals surface area (Å²) in [5, 5.41) is 0. The van der Waals surface area contributed by atoms with Gasteiger partial charge in [0, 0.05) is 12.0 Å². The van der Waals surface area contributed by atoms with Crippen molar-refractivity contribution >= 4 is 6.29 Å². The molecule has 1 fully saturated rings. The molecule has 0 amide bonds. The molecule has 0 bridgehead atoms. The van der Waals surface area contributed by atoms with Crippen LogP contribution in [0.3, 0.4) is 0 Å². The third kappa shape index (κ3) is 0.431. The molecule has 33 valence electrons. The lowest BCUT2D eigenvalue weighted by molar-refractivity contribution is 0.548. The van der Waals surface area contributed by atoms with E-state index >= 15 is 0 Å². The molecule has 2 unspecified atom stereocenters. The first-order valence-corrected chi connectivity index (χ1v) is 1.98. The molecule has 6 heavy (non-hydrogen) atoms. The Balaban J connectivity index is 2.25. The normalized spacial score (nSPS) is 42.2. The van der Waals surface area contributed by atoms with Gasteiger partial charge in [-0.2, -0.15) is 0 Å². The molecule has 2 nitrogen and oxygen atoms in total. The zero-order chi connectivity index (χ0) is 4.57. The highest BCUT2D eigenvalue weighted by molar-refractivity contribution is 5.60. The van der Waals surface area contributed by atoms with Crippen LogP contribution in [-0.2, 0) is 4.79 Å². The van der Waals surface area contributed by atoms with Crippen molar-refractivity contribution in [1.82, 2.24) is 0 Å². The standard InChI is InChI=1S/C4H6NO/c5-4-1-3(4)2-6/h3-4H,1,5H2. The van der Waals surface area contributed by atoms with Crippen molar-refractivity contribution in [2.45, 2.75) is 12.5 Å².